The zero-order chi connectivity index (χ0) is 10.7. The van der Waals surface area contributed by atoms with Gasteiger partial charge < -0.3 is 4.79 Å². The third-order valence-corrected chi connectivity index (χ3v) is 3.75. The molecule has 82 valence electrons. The lowest BCUT2D eigenvalue weighted by atomic mass is 10.0. The summed E-state index contributed by atoms with van der Waals surface area (Å²) in [5.74, 6) is 0. The summed E-state index contributed by atoms with van der Waals surface area (Å²) in [4.78, 5) is 18.7. The molecule has 1 aliphatic heterocycles. The summed E-state index contributed by atoms with van der Waals surface area (Å²) in [5.41, 5.74) is 0. The Morgan fingerprint density at radius 3 is 3.20 bits per heavy atom. The summed E-state index contributed by atoms with van der Waals surface area (Å²) in [6, 6.07) is 0.126. The molecule has 2 rings (SSSR count). The van der Waals surface area contributed by atoms with Crippen LogP contribution in [0.4, 0.5) is 0 Å². The molecule has 1 unspecified atom stereocenters. The molecule has 0 saturated carbocycles. The lowest BCUT2D eigenvalue weighted by molar-refractivity contribution is -0.113. The van der Waals surface area contributed by atoms with Crippen LogP contribution in [0, 0.1) is 6.92 Å². The van der Waals surface area contributed by atoms with Gasteiger partial charge in [-0.25, -0.2) is 4.98 Å². The first-order valence-corrected chi connectivity index (χ1v) is 6.22. The minimum atomic E-state index is 0.126. The van der Waals surface area contributed by atoms with Crippen molar-refractivity contribution in [3.8, 4) is 0 Å². The van der Waals surface area contributed by atoms with Crippen LogP contribution < -0.4 is 0 Å². The van der Waals surface area contributed by atoms with Crippen molar-refractivity contribution in [1.29, 1.82) is 0 Å². The normalized spacial score (nSPS) is 22.9. The lowest BCUT2D eigenvalue weighted by Gasteiger charge is -2.31. The number of aromatic nitrogens is 1. The number of likely N-dealkylation sites (tertiary alicyclic amines) is 1. The summed E-state index contributed by atoms with van der Waals surface area (Å²) >= 11 is 1.73. The first-order valence-electron chi connectivity index (χ1n) is 5.40. The van der Waals surface area contributed by atoms with Crippen molar-refractivity contribution in [2.24, 2.45) is 0 Å². The summed E-state index contributed by atoms with van der Waals surface area (Å²) in [6.07, 6.45) is 6.43. The highest BCUT2D eigenvalue weighted by Crippen LogP contribution is 2.20. The van der Waals surface area contributed by atoms with Crippen molar-refractivity contribution in [1.82, 2.24) is 9.88 Å². The van der Waals surface area contributed by atoms with Gasteiger partial charge in [0.1, 0.15) is 6.29 Å². The average molecular weight is 224 g/mol. The van der Waals surface area contributed by atoms with E-state index in [1.807, 2.05) is 13.1 Å². The zero-order valence-corrected chi connectivity index (χ0v) is 9.80. The van der Waals surface area contributed by atoms with E-state index in [1.54, 1.807) is 11.3 Å². The van der Waals surface area contributed by atoms with E-state index < -0.39 is 0 Å². The van der Waals surface area contributed by atoms with E-state index in [4.69, 9.17) is 0 Å². The first kappa shape index (κ1) is 10.8. The minimum Gasteiger partial charge on any atom is -0.302 e. The Hall–Kier alpha value is -0.740. The number of carbonyl (C=O) groups excluding carboxylic acids is 1. The quantitative estimate of drug-likeness (QED) is 0.736. The number of piperidine rings is 1. The molecule has 0 N–H and O–H groups in total. The topological polar surface area (TPSA) is 33.2 Å². The molecule has 0 aliphatic carbocycles. The van der Waals surface area contributed by atoms with E-state index in [2.05, 4.69) is 9.88 Å². The number of hydrogen-bond acceptors (Lipinski definition) is 4. The van der Waals surface area contributed by atoms with E-state index in [9.17, 15) is 4.79 Å². The minimum absolute atomic E-state index is 0.126. The first-order chi connectivity index (χ1) is 7.29. The summed E-state index contributed by atoms with van der Waals surface area (Å²) < 4.78 is 0. The highest BCUT2D eigenvalue weighted by Gasteiger charge is 2.22. The van der Waals surface area contributed by atoms with E-state index >= 15 is 0 Å². The predicted molar refractivity (Wildman–Crippen MR) is 61.0 cm³/mol. The van der Waals surface area contributed by atoms with E-state index in [0.29, 0.717) is 0 Å². The molecule has 1 aliphatic rings. The van der Waals surface area contributed by atoms with Gasteiger partial charge in [0.25, 0.3) is 0 Å². The van der Waals surface area contributed by atoms with Crippen molar-refractivity contribution in [3.05, 3.63) is 16.1 Å². The van der Waals surface area contributed by atoms with Crippen LogP contribution in [-0.2, 0) is 11.3 Å². The van der Waals surface area contributed by atoms with Crippen LogP contribution in [0.3, 0.4) is 0 Å². The van der Waals surface area contributed by atoms with Gasteiger partial charge in [0.2, 0.25) is 0 Å². The molecule has 1 aromatic rings. The van der Waals surface area contributed by atoms with E-state index in [-0.39, 0.29) is 6.04 Å². The van der Waals surface area contributed by atoms with Crippen LogP contribution in [0.15, 0.2) is 6.20 Å². The fraction of sp³-hybridized carbons (Fsp3) is 0.636. The second-order valence-corrected chi connectivity index (χ2v) is 5.33. The Labute approximate surface area is 94.1 Å². The third-order valence-electron chi connectivity index (χ3n) is 2.85. The number of aldehydes is 1. The van der Waals surface area contributed by atoms with Gasteiger partial charge in [-0.1, -0.05) is 6.42 Å². The molecule has 2 heterocycles. The van der Waals surface area contributed by atoms with Crippen LogP contribution in [0.25, 0.3) is 0 Å². The Kier molecular flexibility index (Phi) is 3.49. The zero-order valence-electron chi connectivity index (χ0n) is 8.98. The molecule has 3 nitrogen and oxygen atoms in total. The van der Waals surface area contributed by atoms with Gasteiger partial charge in [0, 0.05) is 17.6 Å². The summed E-state index contributed by atoms with van der Waals surface area (Å²) in [6.45, 7) is 3.94. The molecule has 4 heteroatoms. The molecule has 0 bridgehead atoms. The van der Waals surface area contributed by atoms with Gasteiger partial charge in [0.05, 0.1) is 11.0 Å². The van der Waals surface area contributed by atoms with Gasteiger partial charge in [-0.2, -0.15) is 0 Å². The second-order valence-electron chi connectivity index (χ2n) is 4.02. The van der Waals surface area contributed by atoms with Gasteiger partial charge in [-0.3, -0.25) is 4.90 Å². The molecule has 1 aromatic heterocycles. The van der Waals surface area contributed by atoms with Crippen LogP contribution >= 0.6 is 11.3 Å². The van der Waals surface area contributed by atoms with Gasteiger partial charge >= 0.3 is 0 Å². The molecule has 1 saturated heterocycles. The van der Waals surface area contributed by atoms with Crippen LogP contribution in [0.2, 0.25) is 0 Å². The number of rotatable bonds is 3. The summed E-state index contributed by atoms with van der Waals surface area (Å²) in [7, 11) is 0. The third kappa shape index (κ3) is 2.63. The van der Waals surface area contributed by atoms with Gasteiger partial charge in [-0.05, 0) is 26.3 Å². The van der Waals surface area contributed by atoms with E-state index in [1.165, 1.54) is 17.7 Å². The average Bonchev–Trinajstić information content (AvgIpc) is 2.65. The van der Waals surface area contributed by atoms with E-state index in [0.717, 1.165) is 30.8 Å². The van der Waals surface area contributed by atoms with Crippen molar-refractivity contribution in [2.45, 2.75) is 38.8 Å². The standard InChI is InChI=1S/C11H16N2OS/c1-9-12-6-11(15-9)7-13-5-3-2-4-10(13)8-14/h6,8,10H,2-5,7H2,1H3. The monoisotopic (exact) mass is 224 g/mol. The molecule has 0 radical (unpaired) electrons. The van der Waals surface area contributed by atoms with Crippen LogP contribution in [0.5, 0.6) is 0 Å². The molecule has 0 aromatic carbocycles. The van der Waals surface area contributed by atoms with Gasteiger partial charge in [0.15, 0.2) is 0 Å². The molecular formula is C11H16N2OS. The van der Waals surface area contributed by atoms with Crippen LogP contribution in [-0.4, -0.2) is 28.8 Å². The largest absolute Gasteiger partial charge is 0.302 e. The number of thiazole rings is 1. The number of carbonyl (C=O) groups is 1. The van der Waals surface area contributed by atoms with Crippen LogP contribution in [0.1, 0.15) is 29.1 Å². The molecule has 15 heavy (non-hydrogen) atoms. The molecule has 0 spiro atoms. The second kappa shape index (κ2) is 4.86. The van der Waals surface area contributed by atoms with Crippen molar-refractivity contribution >= 4 is 17.6 Å². The fourth-order valence-electron chi connectivity index (χ4n) is 2.05. The molecular weight excluding hydrogens is 208 g/mol. The molecule has 1 atom stereocenters. The number of nitrogens with zero attached hydrogens (tertiary/aromatic N) is 2. The fourth-order valence-corrected chi connectivity index (χ4v) is 2.87. The maximum Gasteiger partial charge on any atom is 0.137 e. The Balaban J connectivity index is 2.00. The maximum absolute atomic E-state index is 10.9. The highest BCUT2D eigenvalue weighted by molar-refractivity contribution is 7.11. The summed E-state index contributed by atoms with van der Waals surface area (Å²) in [5, 5.41) is 1.10. The van der Waals surface area contributed by atoms with Crippen molar-refractivity contribution < 1.29 is 4.79 Å². The van der Waals surface area contributed by atoms with Gasteiger partial charge in [-0.15, -0.1) is 11.3 Å². The van der Waals surface area contributed by atoms with Crippen molar-refractivity contribution in [2.75, 3.05) is 6.54 Å². The maximum atomic E-state index is 10.9. The molecule has 0 amide bonds. The molecule has 1 fully saturated rings. The predicted octanol–water partition coefficient (Wildman–Crippen LogP) is 2.00. The lowest BCUT2D eigenvalue weighted by Crippen LogP contribution is -2.39. The number of hydrogen-bond donors (Lipinski definition) is 0. The Bertz CT molecular complexity index is 337. The van der Waals surface area contributed by atoms with Crippen molar-refractivity contribution in [3.63, 3.8) is 0 Å². The Morgan fingerprint density at radius 2 is 2.53 bits per heavy atom. The number of aryl methyl sites for hydroxylation is 1. The SMILES string of the molecule is Cc1ncc(CN2CCCCC2C=O)s1. The Morgan fingerprint density at radius 1 is 1.67 bits per heavy atom. The smallest absolute Gasteiger partial charge is 0.137 e. The highest BCUT2D eigenvalue weighted by atomic mass is 32.1.